The van der Waals surface area contributed by atoms with Gasteiger partial charge in [-0.3, -0.25) is 4.98 Å². The molecule has 0 fully saturated rings. The lowest BCUT2D eigenvalue weighted by atomic mass is 10.2. The molecule has 0 aliphatic carbocycles. The van der Waals surface area contributed by atoms with Crippen LogP contribution >= 0.6 is 31.9 Å². The van der Waals surface area contributed by atoms with Crippen LogP contribution in [0.1, 0.15) is 18.1 Å². The van der Waals surface area contributed by atoms with Crippen molar-refractivity contribution in [3.8, 4) is 0 Å². The first-order valence-corrected chi connectivity index (χ1v) is 8.14. The number of pyridine rings is 1. The van der Waals surface area contributed by atoms with Crippen LogP contribution in [-0.2, 0) is 11.9 Å². The summed E-state index contributed by atoms with van der Waals surface area (Å²) in [5.74, 6) is 0. The summed E-state index contributed by atoms with van der Waals surface area (Å²) in [4.78, 5) is 6.40. The molecule has 2 aromatic rings. The van der Waals surface area contributed by atoms with Gasteiger partial charge in [-0.05, 0) is 58.2 Å². The zero-order valence-electron chi connectivity index (χ0n) is 10.8. The van der Waals surface area contributed by atoms with Gasteiger partial charge in [-0.15, -0.1) is 0 Å². The van der Waals surface area contributed by atoms with Crippen molar-refractivity contribution in [1.29, 1.82) is 0 Å². The number of rotatable bonds is 5. The van der Waals surface area contributed by atoms with Gasteiger partial charge in [0.1, 0.15) is 0 Å². The van der Waals surface area contributed by atoms with Gasteiger partial charge in [0.2, 0.25) is 0 Å². The van der Waals surface area contributed by atoms with Gasteiger partial charge in [0, 0.05) is 35.3 Å². The van der Waals surface area contributed by atoms with E-state index in [0.717, 1.165) is 22.9 Å². The van der Waals surface area contributed by atoms with E-state index >= 15 is 0 Å². The SMILES string of the molecule is CCN(Cc1ccncc1)c1ccc(CBr)cc1Br. The smallest absolute Gasteiger partial charge is 0.0513 e. The van der Waals surface area contributed by atoms with E-state index in [2.05, 4.69) is 79.0 Å². The molecule has 2 nitrogen and oxygen atoms in total. The van der Waals surface area contributed by atoms with Crippen LogP contribution in [0.4, 0.5) is 5.69 Å². The molecule has 0 saturated heterocycles. The highest BCUT2D eigenvalue weighted by atomic mass is 79.9. The van der Waals surface area contributed by atoms with Gasteiger partial charge in [0.25, 0.3) is 0 Å². The summed E-state index contributed by atoms with van der Waals surface area (Å²) < 4.78 is 1.14. The molecule has 0 saturated carbocycles. The number of hydrogen-bond acceptors (Lipinski definition) is 2. The predicted octanol–water partition coefficient (Wildman–Crippen LogP) is 4.77. The van der Waals surface area contributed by atoms with Crippen molar-refractivity contribution in [2.45, 2.75) is 18.8 Å². The van der Waals surface area contributed by atoms with Crippen molar-refractivity contribution in [2.75, 3.05) is 11.4 Å². The molecule has 100 valence electrons. The fraction of sp³-hybridized carbons (Fsp3) is 0.267. The van der Waals surface area contributed by atoms with E-state index in [0.29, 0.717) is 0 Å². The number of halogens is 2. The number of aromatic nitrogens is 1. The highest BCUT2D eigenvalue weighted by Crippen LogP contribution is 2.29. The normalized spacial score (nSPS) is 10.5. The molecule has 1 aromatic carbocycles. The van der Waals surface area contributed by atoms with E-state index in [1.54, 1.807) is 0 Å². The van der Waals surface area contributed by atoms with Crippen molar-refractivity contribution in [2.24, 2.45) is 0 Å². The van der Waals surface area contributed by atoms with Crippen LogP contribution in [0, 0.1) is 0 Å². The third-order valence-corrected chi connectivity index (χ3v) is 4.29. The van der Waals surface area contributed by atoms with E-state index in [-0.39, 0.29) is 0 Å². The Kier molecular flexibility index (Phi) is 5.40. The van der Waals surface area contributed by atoms with Crippen LogP contribution in [-0.4, -0.2) is 11.5 Å². The molecule has 0 aliphatic heterocycles. The van der Waals surface area contributed by atoms with Crippen LogP contribution in [0.25, 0.3) is 0 Å². The molecule has 0 N–H and O–H groups in total. The minimum atomic E-state index is 0.877. The van der Waals surface area contributed by atoms with Crippen LogP contribution < -0.4 is 4.90 Å². The summed E-state index contributed by atoms with van der Waals surface area (Å²) >= 11 is 7.15. The van der Waals surface area contributed by atoms with Gasteiger partial charge in [0.05, 0.1) is 5.69 Å². The van der Waals surface area contributed by atoms with Crippen molar-refractivity contribution >= 4 is 37.5 Å². The van der Waals surface area contributed by atoms with Crippen LogP contribution in [0.3, 0.4) is 0 Å². The third-order valence-electron chi connectivity index (χ3n) is 3.01. The Labute approximate surface area is 131 Å². The van der Waals surface area contributed by atoms with Crippen molar-refractivity contribution in [1.82, 2.24) is 4.98 Å². The lowest BCUT2D eigenvalue weighted by molar-refractivity contribution is 0.828. The molecular formula is C15H16Br2N2. The summed E-state index contributed by atoms with van der Waals surface area (Å²) in [6, 6.07) is 10.6. The van der Waals surface area contributed by atoms with E-state index in [1.165, 1.54) is 16.8 Å². The molecule has 0 spiro atoms. The standard InChI is InChI=1S/C15H16Br2N2/c1-2-19(11-12-5-7-18-8-6-12)15-4-3-13(10-16)9-14(15)17/h3-9H,2,10-11H2,1H3. The monoisotopic (exact) mass is 382 g/mol. The molecule has 0 amide bonds. The van der Waals surface area contributed by atoms with Gasteiger partial charge in [-0.25, -0.2) is 0 Å². The maximum Gasteiger partial charge on any atom is 0.0513 e. The number of hydrogen-bond donors (Lipinski definition) is 0. The van der Waals surface area contributed by atoms with E-state index < -0.39 is 0 Å². The summed E-state index contributed by atoms with van der Waals surface area (Å²) in [6.07, 6.45) is 3.68. The molecule has 1 heterocycles. The Morgan fingerprint density at radius 3 is 2.42 bits per heavy atom. The maximum absolute atomic E-state index is 4.06. The average Bonchev–Trinajstić information content (AvgIpc) is 2.46. The summed E-state index contributed by atoms with van der Waals surface area (Å²) in [5, 5.41) is 0.877. The molecule has 0 aliphatic rings. The molecule has 2 rings (SSSR count). The predicted molar refractivity (Wildman–Crippen MR) is 87.7 cm³/mol. The van der Waals surface area contributed by atoms with E-state index in [1.807, 2.05) is 12.4 Å². The third kappa shape index (κ3) is 3.80. The zero-order valence-corrected chi connectivity index (χ0v) is 14.0. The Morgan fingerprint density at radius 2 is 1.84 bits per heavy atom. The minimum Gasteiger partial charge on any atom is -0.367 e. The molecule has 4 heteroatoms. The number of alkyl halides is 1. The van der Waals surface area contributed by atoms with Crippen LogP contribution in [0.15, 0.2) is 47.2 Å². The van der Waals surface area contributed by atoms with Crippen molar-refractivity contribution in [3.63, 3.8) is 0 Å². The topological polar surface area (TPSA) is 16.1 Å². The molecular weight excluding hydrogens is 368 g/mol. The molecule has 0 unspecified atom stereocenters. The average molecular weight is 384 g/mol. The quantitative estimate of drug-likeness (QED) is 0.691. The summed E-state index contributed by atoms with van der Waals surface area (Å²) in [6.45, 7) is 4.03. The second kappa shape index (κ2) is 7.06. The van der Waals surface area contributed by atoms with Gasteiger partial charge < -0.3 is 4.90 Å². The Hall–Kier alpha value is -0.870. The fourth-order valence-corrected chi connectivity index (χ4v) is 2.99. The van der Waals surface area contributed by atoms with Crippen LogP contribution in [0.5, 0.6) is 0 Å². The van der Waals surface area contributed by atoms with Crippen molar-refractivity contribution < 1.29 is 0 Å². The first-order chi connectivity index (χ1) is 9.24. The zero-order chi connectivity index (χ0) is 13.7. The summed E-state index contributed by atoms with van der Waals surface area (Å²) in [7, 11) is 0. The van der Waals surface area contributed by atoms with Gasteiger partial charge in [-0.1, -0.05) is 22.0 Å². The first kappa shape index (κ1) is 14.5. The molecule has 1 aromatic heterocycles. The van der Waals surface area contributed by atoms with E-state index in [9.17, 15) is 0 Å². The number of benzene rings is 1. The largest absolute Gasteiger partial charge is 0.367 e. The minimum absolute atomic E-state index is 0.877. The van der Waals surface area contributed by atoms with Crippen LogP contribution in [0.2, 0.25) is 0 Å². The Morgan fingerprint density at radius 1 is 1.11 bits per heavy atom. The second-order valence-electron chi connectivity index (χ2n) is 4.29. The first-order valence-electron chi connectivity index (χ1n) is 6.22. The second-order valence-corrected chi connectivity index (χ2v) is 5.70. The molecule has 0 atom stereocenters. The highest BCUT2D eigenvalue weighted by molar-refractivity contribution is 9.10. The molecule has 0 bridgehead atoms. The number of nitrogens with zero attached hydrogens (tertiary/aromatic N) is 2. The lowest BCUT2D eigenvalue weighted by Crippen LogP contribution is -2.22. The molecule has 19 heavy (non-hydrogen) atoms. The number of anilines is 1. The lowest BCUT2D eigenvalue weighted by Gasteiger charge is -2.24. The van der Waals surface area contributed by atoms with Gasteiger partial charge in [0.15, 0.2) is 0 Å². The van der Waals surface area contributed by atoms with Gasteiger partial charge in [-0.2, -0.15) is 0 Å². The summed E-state index contributed by atoms with van der Waals surface area (Å²) in [5.41, 5.74) is 3.77. The highest BCUT2D eigenvalue weighted by Gasteiger charge is 2.09. The van der Waals surface area contributed by atoms with E-state index in [4.69, 9.17) is 0 Å². The van der Waals surface area contributed by atoms with Gasteiger partial charge >= 0.3 is 0 Å². The van der Waals surface area contributed by atoms with Crippen molar-refractivity contribution in [3.05, 3.63) is 58.3 Å². The fourth-order valence-electron chi connectivity index (χ4n) is 1.97. The Balaban J connectivity index is 2.22. The maximum atomic E-state index is 4.06. The molecule has 0 radical (unpaired) electrons. The Bertz CT molecular complexity index is 529.